The Balaban J connectivity index is 0.00000364. The van der Waals surface area contributed by atoms with Crippen LogP contribution in [0.15, 0.2) is 24.3 Å². The molecule has 2 N–H and O–H groups in total. The number of benzene rings is 1. The van der Waals surface area contributed by atoms with Crippen molar-refractivity contribution in [2.45, 2.75) is 64.3 Å². The lowest BCUT2D eigenvalue weighted by molar-refractivity contribution is -0.121. The van der Waals surface area contributed by atoms with E-state index in [4.69, 9.17) is 4.74 Å². The van der Waals surface area contributed by atoms with Crippen LogP contribution < -0.4 is 15.4 Å². The van der Waals surface area contributed by atoms with Crippen molar-refractivity contribution in [3.05, 3.63) is 29.8 Å². The molecular weight excluding hydrogens is 364 g/mol. The summed E-state index contributed by atoms with van der Waals surface area (Å²) in [6.45, 7) is 3.56. The monoisotopic (exact) mass is 396 g/mol. The predicted octanol–water partition coefficient (Wildman–Crippen LogP) is 3.90. The second kappa shape index (κ2) is 13.6. The number of ketones is 1. The van der Waals surface area contributed by atoms with Crippen molar-refractivity contribution in [1.82, 2.24) is 10.6 Å². The van der Waals surface area contributed by atoms with E-state index in [-0.39, 0.29) is 24.1 Å². The fourth-order valence-electron chi connectivity index (χ4n) is 3.26. The third kappa shape index (κ3) is 9.78. The number of carbonyl (C=O) groups is 2. The summed E-state index contributed by atoms with van der Waals surface area (Å²) >= 11 is 0. The maximum atomic E-state index is 11.8. The third-order valence-corrected chi connectivity index (χ3v) is 4.81. The summed E-state index contributed by atoms with van der Waals surface area (Å²) in [5.74, 6) is 0.841. The molecule has 0 atom stereocenters. The molecule has 0 aliphatic heterocycles. The van der Waals surface area contributed by atoms with E-state index in [2.05, 4.69) is 10.6 Å². The van der Waals surface area contributed by atoms with Crippen LogP contribution in [0.25, 0.3) is 0 Å². The Kier molecular flexibility index (Phi) is 11.8. The van der Waals surface area contributed by atoms with Gasteiger partial charge in [0.2, 0.25) is 5.91 Å². The van der Waals surface area contributed by atoms with E-state index in [0.717, 1.165) is 12.3 Å². The first-order chi connectivity index (χ1) is 12.6. The van der Waals surface area contributed by atoms with Gasteiger partial charge in [0, 0.05) is 31.1 Å². The number of hydrogen-bond acceptors (Lipinski definition) is 4. The molecule has 0 bridgehead atoms. The maximum absolute atomic E-state index is 11.8. The first-order valence-electron chi connectivity index (χ1n) is 9.89. The Morgan fingerprint density at radius 2 is 1.70 bits per heavy atom. The van der Waals surface area contributed by atoms with Crippen LogP contribution in [0.1, 0.15) is 68.6 Å². The zero-order chi connectivity index (χ0) is 18.6. The molecule has 1 fully saturated rings. The highest BCUT2D eigenvalue weighted by Crippen LogP contribution is 2.16. The van der Waals surface area contributed by atoms with Crippen LogP contribution in [0.3, 0.4) is 0 Å². The average molecular weight is 397 g/mol. The molecule has 0 radical (unpaired) electrons. The highest BCUT2D eigenvalue weighted by atomic mass is 35.5. The quantitative estimate of drug-likeness (QED) is 0.357. The molecule has 2 rings (SSSR count). The van der Waals surface area contributed by atoms with Crippen molar-refractivity contribution in [3.63, 3.8) is 0 Å². The largest absolute Gasteiger partial charge is 0.494 e. The second-order valence-corrected chi connectivity index (χ2v) is 7.03. The molecular formula is C21H33ClN2O3. The maximum Gasteiger partial charge on any atom is 0.220 e. The molecule has 1 saturated carbocycles. The van der Waals surface area contributed by atoms with E-state index in [1.165, 1.54) is 38.5 Å². The molecule has 6 heteroatoms. The number of amides is 1. The second-order valence-electron chi connectivity index (χ2n) is 7.03. The van der Waals surface area contributed by atoms with Gasteiger partial charge in [0.25, 0.3) is 0 Å². The smallest absolute Gasteiger partial charge is 0.220 e. The number of ether oxygens (including phenoxy) is 1. The van der Waals surface area contributed by atoms with E-state index < -0.39 is 0 Å². The van der Waals surface area contributed by atoms with Gasteiger partial charge in [0.05, 0.1) is 6.61 Å². The lowest BCUT2D eigenvalue weighted by Crippen LogP contribution is -2.36. The SMILES string of the molecule is CC(=O)c1ccc(OCCCC(=O)NCCNC2CCCCCC2)cc1.Cl. The zero-order valence-electron chi connectivity index (χ0n) is 16.3. The summed E-state index contributed by atoms with van der Waals surface area (Å²) in [6.07, 6.45) is 9.03. The number of hydrogen-bond donors (Lipinski definition) is 2. The number of nitrogens with one attached hydrogen (secondary N) is 2. The zero-order valence-corrected chi connectivity index (χ0v) is 17.1. The van der Waals surface area contributed by atoms with Crippen LogP contribution in [0.5, 0.6) is 5.75 Å². The molecule has 1 aromatic rings. The molecule has 1 amide bonds. The van der Waals surface area contributed by atoms with Crippen molar-refractivity contribution in [2.75, 3.05) is 19.7 Å². The van der Waals surface area contributed by atoms with E-state index in [1.807, 2.05) is 0 Å². The molecule has 0 spiro atoms. The van der Waals surface area contributed by atoms with Gasteiger partial charge in [0.1, 0.15) is 5.75 Å². The Morgan fingerprint density at radius 1 is 1.04 bits per heavy atom. The summed E-state index contributed by atoms with van der Waals surface area (Å²) in [7, 11) is 0. The summed E-state index contributed by atoms with van der Waals surface area (Å²) in [5.41, 5.74) is 0.675. The Hall–Kier alpha value is -1.59. The van der Waals surface area contributed by atoms with Crippen molar-refractivity contribution < 1.29 is 14.3 Å². The van der Waals surface area contributed by atoms with Gasteiger partial charge >= 0.3 is 0 Å². The Morgan fingerprint density at radius 3 is 2.33 bits per heavy atom. The van der Waals surface area contributed by atoms with Gasteiger partial charge in [-0.2, -0.15) is 0 Å². The summed E-state index contributed by atoms with van der Waals surface area (Å²) < 4.78 is 5.60. The summed E-state index contributed by atoms with van der Waals surface area (Å²) in [5, 5.41) is 6.52. The van der Waals surface area contributed by atoms with Crippen LogP contribution in [-0.4, -0.2) is 37.4 Å². The normalized spacial score (nSPS) is 14.7. The van der Waals surface area contributed by atoms with Crippen LogP contribution >= 0.6 is 12.4 Å². The molecule has 1 aromatic carbocycles. The lowest BCUT2D eigenvalue weighted by atomic mass is 10.1. The van der Waals surface area contributed by atoms with E-state index in [1.54, 1.807) is 31.2 Å². The predicted molar refractivity (Wildman–Crippen MR) is 111 cm³/mol. The van der Waals surface area contributed by atoms with Gasteiger partial charge < -0.3 is 15.4 Å². The van der Waals surface area contributed by atoms with Gasteiger partial charge in [-0.3, -0.25) is 9.59 Å². The minimum Gasteiger partial charge on any atom is -0.494 e. The topological polar surface area (TPSA) is 67.4 Å². The third-order valence-electron chi connectivity index (χ3n) is 4.81. The minimum absolute atomic E-state index is 0. The molecule has 0 saturated heterocycles. The van der Waals surface area contributed by atoms with Crippen LogP contribution in [0.2, 0.25) is 0 Å². The number of Topliss-reactive ketones (excluding diaryl/α,β-unsaturated/α-hetero) is 1. The summed E-state index contributed by atoms with van der Waals surface area (Å²) in [4.78, 5) is 23.1. The Labute approximate surface area is 169 Å². The number of rotatable bonds is 10. The van der Waals surface area contributed by atoms with Crippen molar-refractivity contribution >= 4 is 24.1 Å². The van der Waals surface area contributed by atoms with Gasteiger partial charge in [-0.1, -0.05) is 25.7 Å². The average Bonchev–Trinajstić information content (AvgIpc) is 2.91. The number of carbonyl (C=O) groups excluding carboxylic acids is 2. The van der Waals surface area contributed by atoms with Crippen LogP contribution in [0, 0.1) is 0 Å². The molecule has 27 heavy (non-hydrogen) atoms. The van der Waals surface area contributed by atoms with Gasteiger partial charge in [-0.15, -0.1) is 12.4 Å². The van der Waals surface area contributed by atoms with E-state index in [9.17, 15) is 9.59 Å². The standard InChI is InChI=1S/C21H32N2O3.ClH/c1-17(24)18-10-12-20(13-11-18)26-16-6-9-21(25)23-15-14-22-19-7-4-2-3-5-8-19;/h10-13,19,22H,2-9,14-16H2,1H3,(H,23,25);1H. The fraction of sp³-hybridized carbons (Fsp3) is 0.619. The van der Waals surface area contributed by atoms with Gasteiger partial charge in [-0.25, -0.2) is 0 Å². The van der Waals surface area contributed by atoms with Gasteiger partial charge in [-0.05, 0) is 50.5 Å². The molecule has 152 valence electrons. The van der Waals surface area contributed by atoms with Crippen molar-refractivity contribution in [3.8, 4) is 5.75 Å². The first kappa shape index (κ1) is 23.4. The molecule has 0 aromatic heterocycles. The summed E-state index contributed by atoms with van der Waals surface area (Å²) in [6, 6.07) is 7.71. The number of halogens is 1. The molecule has 5 nitrogen and oxygen atoms in total. The highest BCUT2D eigenvalue weighted by Gasteiger charge is 2.11. The van der Waals surface area contributed by atoms with Crippen LogP contribution in [0.4, 0.5) is 0 Å². The van der Waals surface area contributed by atoms with Crippen LogP contribution in [-0.2, 0) is 4.79 Å². The lowest BCUT2D eigenvalue weighted by Gasteiger charge is -2.16. The molecule has 1 aliphatic rings. The molecule has 0 unspecified atom stereocenters. The van der Waals surface area contributed by atoms with Gasteiger partial charge in [0.15, 0.2) is 5.78 Å². The van der Waals surface area contributed by atoms with E-state index in [0.29, 0.717) is 37.6 Å². The highest BCUT2D eigenvalue weighted by molar-refractivity contribution is 5.94. The Bertz CT molecular complexity index is 555. The molecule has 0 heterocycles. The van der Waals surface area contributed by atoms with Crippen molar-refractivity contribution in [1.29, 1.82) is 0 Å². The van der Waals surface area contributed by atoms with E-state index >= 15 is 0 Å². The first-order valence-corrected chi connectivity index (χ1v) is 9.89. The fourth-order valence-corrected chi connectivity index (χ4v) is 3.26. The molecule has 1 aliphatic carbocycles. The minimum atomic E-state index is 0. The van der Waals surface area contributed by atoms with Crippen molar-refractivity contribution in [2.24, 2.45) is 0 Å².